The quantitative estimate of drug-likeness (QED) is 0.0723. The minimum absolute atomic E-state index is 0.102. The number of benzene rings is 14. The maximum Gasteiger partial charge on any atom is 0.338 e. The van der Waals surface area contributed by atoms with Gasteiger partial charge in [-0.05, 0) is 175 Å². The molecule has 16 aromatic rings. The number of rotatable bonds is 15. The molecule has 108 heavy (non-hydrogen) atoms. The van der Waals surface area contributed by atoms with Crippen molar-refractivity contribution in [3.05, 3.63) is 367 Å². The average molecular weight is 1390 g/mol. The lowest BCUT2D eigenvalue weighted by molar-refractivity contribution is 0.0464. The van der Waals surface area contributed by atoms with E-state index >= 15 is 0 Å². The van der Waals surface area contributed by atoms with Crippen molar-refractivity contribution in [2.24, 2.45) is 0 Å². The summed E-state index contributed by atoms with van der Waals surface area (Å²) < 4.78 is 14.6. The van der Waals surface area contributed by atoms with Crippen molar-refractivity contribution in [2.75, 3.05) is 9.80 Å². The number of fused-ring (bicyclic) bond motifs is 7. The summed E-state index contributed by atoms with van der Waals surface area (Å²) in [6.45, 7) is 6.50. The lowest BCUT2D eigenvalue weighted by Crippen LogP contribution is -2.61. The van der Waals surface area contributed by atoms with Crippen LogP contribution in [0.1, 0.15) is 63.7 Å². The Morgan fingerprint density at radius 3 is 1.26 bits per heavy atom. The molecule has 0 fully saturated rings. The van der Waals surface area contributed by atoms with E-state index in [9.17, 15) is 14.9 Å². The van der Waals surface area contributed by atoms with Gasteiger partial charge in [0.1, 0.15) is 13.2 Å². The highest BCUT2D eigenvalue weighted by Gasteiger charge is 2.45. The number of hydrogen-bond acceptors (Lipinski definition) is 10. The number of hydrogen-bond donors (Lipinski definition) is 0. The van der Waals surface area contributed by atoms with Crippen molar-refractivity contribution in [3.63, 3.8) is 0 Å². The van der Waals surface area contributed by atoms with E-state index in [-0.39, 0.29) is 18.6 Å². The molecule has 0 N–H and O–H groups in total. The molecule has 11 nitrogen and oxygen atoms in total. The zero-order valence-electron chi connectivity index (χ0n) is 59.5. The summed E-state index contributed by atoms with van der Waals surface area (Å²) in [5.74, 6) is 0.526. The number of aromatic nitrogens is 4. The van der Waals surface area contributed by atoms with Gasteiger partial charge in [-0.15, -0.1) is 0 Å². The highest BCUT2D eigenvalue weighted by atomic mass is 16.5. The van der Waals surface area contributed by atoms with Gasteiger partial charge < -0.3 is 23.8 Å². The number of esters is 2. The molecular formula is C96H68BN7O4. The van der Waals surface area contributed by atoms with Gasteiger partial charge in [0.15, 0.2) is 17.5 Å². The van der Waals surface area contributed by atoms with Gasteiger partial charge >= 0.3 is 11.9 Å². The van der Waals surface area contributed by atoms with E-state index < -0.39 is 18.7 Å². The standard InChI is InChI=1S/C96H68BN7O4/c1-96(2,3)75-42-51-84-79(58-75)78-53-71(41-50-83(78)104(84)85-49-34-64(59-98)52-80(85)93-100-91(69-30-18-8-19-31-69)99-92(101-93)70-32-20-9-21-33-70)74-56-88-90-89(57-74)103(77-45-37-68(38-46-77)66-28-16-7-17-29-66)87-55-73(95(106)108-61-63-24-12-5-13-25-63)40-48-82(87)97(90)81-47-39-72(94(105)107-60-62-22-10-4-11-23-62)54-86(81)102(88)76-43-35-67(36-44-76)65-26-14-6-15-27-65/h4-58H,60-61H2,1-3H3. The lowest BCUT2D eigenvalue weighted by Gasteiger charge is -2.44. The van der Waals surface area contributed by atoms with Gasteiger partial charge in [-0.2, -0.15) is 5.26 Å². The Bertz CT molecular complexity index is 5930. The molecule has 0 bridgehead atoms. The highest BCUT2D eigenvalue weighted by molar-refractivity contribution is 7.00. The van der Waals surface area contributed by atoms with E-state index in [0.29, 0.717) is 39.7 Å². The van der Waals surface area contributed by atoms with Gasteiger partial charge in [0.2, 0.25) is 0 Å². The Balaban J connectivity index is 0.884. The van der Waals surface area contributed by atoms with Gasteiger partial charge in [0.05, 0.1) is 39.5 Å². The zero-order valence-corrected chi connectivity index (χ0v) is 59.5. The van der Waals surface area contributed by atoms with Gasteiger partial charge in [-0.25, -0.2) is 24.5 Å². The maximum absolute atomic E-state index is 14.7. The summed E-state index contributed by atoms with van der Waals surface area (Å²) in [6.07, 6.45) is 0. The van der Waals surface area contributed by atoms with Crippen LogP contribution < -0.4 is 26.2 Å². The molecule has 0 spiro atoms. The molecule has 0 saturated heterocycles. The molecule has 18 rings (SSSR count). The summed E-state index contributed by atoms with van der Waals surface area (Å²) in [6, 6.07) is 116. The topological polar surface area (TPSA) is 126 Å². The van der Waals surface area contributed by atoms with Crippen LogP contribution in [0.15, 0.2) is 334 Å². The van der Waals surface area contributed by atoms with E-state index in [1.165, 1.54) is 0 Å². The Hall–Kier alpha value is -14.0. The fourth-order valence-corrected chi connectivity index (χ4v) is 15.3. The third-order valence-corrected chi connectivity index (χ3v) is 20.7. The molecule has 12 heteroatoms. The van der Waals surface area contributed by atoms with Gasteiger partial charge in [-0.1, -0.05) is 251 Å². The Kier molecular flexibility index (Phi) is 16.8. The number of ether oxygens (including phenoxy) is 2. The smallest absolute Gasteiger partial charge is 0.338 e. The van der Waals surface area contributed by atoms with Gasteiger partial charge in [0.25, 0.3) is 6.71 Å². The van der Waals surface area contributed by atoms with Crippen LogP contribution in [0.3, 0.4) is 0 Å². The fraction of sp³-hybridized carbons (Fsp3) is 0.0625. The first-order chi connectivity index (χ1) is 52.9. The van der Waals surface area contributed by atoms with Crippen molar-refractivity contribution in [1.29, 1.82) is 5.26 Å². The summed E-state index contributed by atoms with van der Waals surface area (Å²) in [7, 11) is 0. The second kappa shape index (κ2) is 27.6. The Morgan fingerprint density at radius 1 is 0.380 bits per heavy atom. The van der Waals surface area contributed by atoms with E-state index in [1.807, 2.05) is 176 Å². The molecule has 0 radical (unpaired) electrons. The SMILES string of the molecule is CC(C)(C)c1ccc2c(c1)c1cc(-c3cc4c5c(c3)N(c3ccc(-c6ccccc6)cc3)c3cc(C(=O)OCc6ccccc6)ccc3B5c3ccc(C(=O)OCc5ccccc5)cc3N4c3ccc(-c4ccccc4)cc3)ccc1n2-c1ccc(C#N)cc1-c1nc(-c2ccccc2)nc(-c2ccccc2)n1. The molecule has 0 saturated carbocycles. The first-order valence-corrected chi connectivity index (χ1v) is 36.2. The lowest BCUT2D eigenvalue weighted by atomic mass is 9.33. The Labute approximate surface area is 626 Å². The van der Waals surface area contributed by atoms with Gasteiger partial charge in [-0.3, -0.25) is 0 Å². The van der Waals surface area contributed by atoms with Crippen molar-refractivity contribution in [3.8, 4) is 79.3 Å². The first kappa shape index (κ1) is 66.0. The van der Waals surface area contributed by atoms with Crippen LogP contribution in [0, 0.1) is 11.3 Å². The summed E-state index contributed by atoms with van der Waals surface area (Å²) in [5.41, 5.74) is 23.1. The fourth-order valence-electron chi connectivity index (χ4n) is 15.3. The van der Waals surface area contributed by atoms with Crippen LogP contribution in [-0.4, -0.2) is 38.2 Å². The number of carbonyl (C=O) groups excluding carboxylic acids is 2. The van der Waals surface area contributed by atoms with E-state index in [0.717, 1.165) is 139 Å². The molecule has 4 heterocycles. The average Bonchev–Trinajstić information content (AvgIpc) is 0.871. The van der Waals surface area contributed by atoms with Gasteiger partial charge in [0, 0.05) is 61.6 Å². The summed E-state index contributed by atoms with van der Waals surface area (Å²) in [5, 5.41) is 12.7. The van der Waals surface area contributed by atoms with Crippen molar-refractivity contribution in [2.45, 2.75) is 39.4 Å². The normalized spacial score (nSPS) is 12.1. The number of carbonyl (C=O) groups is 2. The van der Waals surface area contributed by atoms with Crippen LogP contribution in [0.4, 0.5) is 34.1 Å². The number of anilines is 6. The molecule has 14 aromatic carbocycles. The monoisotopic (exact) mass is 1390 g/mol. The van der Waals surface area contributed by atoms with E-state index in [1.54, 1.807) is 0 Å². The van der Waals surface area contributed by atoms with Crippen LogP contribution >= 0.6 is 0 Å². The van der Waals surface area contributed by atoms with Crippen molar-refractivity contribution in [1.82, 2.24) is 19.5 Å². The number of nitrogens with zero attached hydrogens (tertiary/aromatic N) is 7. The predicted molar refractivity (Wildman–Crippen MR) is 435 cm³/mol. The molecular weight excluding hydrogens is 1330 g/mol. The van der Waals surface area contributed by atoms with Crippen LogP contribution in [0.25, 0.3) is 95.0 Å². The minimum atomic E-state index is -0.452. The minimum Gasteiger partial charge on any atom is -0.457 e. The van der Waals surface area contributed by atoms with Crippen molar-refractivity contribution < 1.29 is 19.1 Å². The third kappa shape index (κ3) is 12.3. The predicted octanol–water partition coefficient (Wildman–Crippen LogP) is 20.9. The third-order valence-electron chi connectivity index (χ3n) is 20.7. The van der Waals surface area contributed by atoms with Crippen LogP contribution in [0.2, 0.25) is 0 Å². The Morgan fingerprint density at radius 2 is 0.796 bits per heavy atom. The first-order valence-electron chi connectivity index (χ1n) is 36.2. The molecule has 2 aliphatic rings. The second-order valence-corrected chi connectivity index (χ2v) is 28.5. The highest BCUT2D eigenvalue weighted by Crippen LogP contribution is 2.49. The van der Waals surface area contributed by atoms with Crippen LogP contribution in [-0.2, 0) is 28.1 Å². The second-order valence-electron chi connectivity index (χ2n) is 28.5. The zero-order chi connectivity index (χ0) is 73.0. The molecule has 0 aliphatic carbocycles. The molecule has 2 aromatic heterocycles. The molecule has 0 amide bonds. The van der Waals surface area contributed by atoms with Crippen molar-refractivity contribution >= 4 is 91.0 Å². The molecule has 0 unspecified atom stereocenters. The van der Waals surface area contributed by atoms with E-state index in [4.69, 9.17) is 24.4 Å². The van der Waals surface area contributed by atoms with Crippen LogP contribution in [0.5, 0.6) is 0 Å². The summed E-state index contributed by atoms with van der Waals surface area (Å²) >= 11 is 0. The molecule has 0 atom stereocenters. The maximum atomic E-state index is 14.7. The molecule has 514 valence electrons. The van der Waals surface area contributed by atoms with E-state index in [2.05, 4.69) is 199 Å². The summed E-state index contributed by atoms with van der Waals surface area (Å²) in [4.78, 5) is 49.6. The molecule has 2 aliphatic heterocycles. The number of nitriles is 1. The largest absolute Gasteiger partial charge is 0.457 e.